The zero-order chi connectivity index (χ0) is 20.9. The number of carbonyl (C=O) groups excluding carboxylic acids is 2. The molecule has 10 heteroatoms. The fourth-order valence-electron chi connectivity index (χ4n) is 2.44. The lowest BCUT2D eigenvalue weighted by Crippen LogP contribution is -2.23. The van der Waals surface area contributed by atoms with Crippen LogP contribution < -0.4 is 25.2 Å². The summed E-state index contributed by atoms with van der Waals surface area (Å²) in [5, 5.41) is 2.58. The molecule has 2 rings (SSSR count). The van der Waals surface area contributed by atoms with Crippen LogP contribution in [0.15, 0.2) is 41.3 Å². The zero-order valence-corrected chi connectivity index (χ0v) is 16.4. The largest absolute Gasteiger partial charge is 0.493 e. The standard InChI is InChI=1S/C18H21N3O6S/c1-4-20-28(24,25)12-7-5-11(6-8-12)18(23)21-14-10-16(27-3)15(26-2)9-13(14)17(19)22/h5-10,20H,4H2,1-3H3,(H2,19,22)(H,21,23). The quantitative estimate of drug-likeness (QED) is 0.604. The maximum atomic E-state index is 12.5. The summed E-state index contributed by atoms with van der Waals surface area (Å²) in [6, 6.07) is 8.14. The third-order valence-corrected chi connectivity index (χ3v) is 5.36. The molecule has 0 aromatic heterocycles. The van der Waals surface area contributed by atoms with Gasteiger partial charge in [-0.25, -0.2) is 13.1 Å². The lowest BCUT2D eigenvalue weighted by Gasteiger charge is -2.14. The van der Waals surface area contributed by atoms with E-state index in [1.807, 2.05) is 0 Å². The van der Waals surface area contributed by atoms with Gasteiger partial charge in [-0.3, -0.25) is 9.59 Å². The zero-order valence-electron chi connectivity index (χ0n) is 15.6. The number of nitrogens with one attached hydrogen (secondary N) is 2. The molecule has 0 radical (unpaired) electrons. The summed E-state index contributed by atoms with van der Waals surface area (Å²) in [5.74, 6) is -0.729. The number of nitrogens with two attached hydrogens (primary N) is 1. The number of carbonyl (C=O) groups is 2. The Labute approximate surface area is 162 Å². The summed E-state index contributed by atoms with van der Waals surface area (Å²) >= 11 is 0. The number of sulfonamides is 1. The summed E-state index contributed by atoms with van der Waals surface area (Å²) < 4.78 is 36.6. The lowest BCUT2D eigenvalue weighted by molar-refractivity contribution is 0.100. The van der Waals surface area contributed by atoms with Gasteiger partial charge in [0, 0.05) is 18.2 Å². The number of primary amides is 1. The second-order valence-corrected chi connectivity index (χ2v) is 7.36. The number of hydrogen-bond donors (Lipinski definition) is 3. The Bertz CT molecular complexity index is 987. The number of benzene rings is 2. The van der Waals surface area contributed by atoms with Crippen molar-refractivity contribution in [3.05, 3.63) is 47.5 Å². The van der Waals surface area contributed by atoms with Gasteiger partial charge in [0.25, 0.3) is 11.8 Å². The van der Waals surface area contributed by atoms with Gasteiger partial charge in [-0.05, 0) is 30.3 Å². The topological polar surface area (TPSA) is 137 Å². The van der Waals surface area contributed by atoms with Crippen molar-refractivity contribution < 1.29 is 27.5 Å². The van der Waals surface area contributed by atoms with Gasteiger partial charge in [-0.1, -0.05) is 6.92 Å². The SMILES string of the molecule is CCNS(=O)(=O)c1ccc(C(=O)Nc2cc(OC)c(OC)cc2C(N)=O)cc1. The average Bonchev–Trinajstić information content (AvgIpc) is 2.67. The molecule has 4 N–H and O–H groups in total. The van der Waals surface area contributed by atoms with E-state index >= 15 is 0 Å². The highest BCUT2D eigenvalue weighted by Crippen LogP contribution is 2.33. The van der Waals surface area contributed by atoms with Gasteiger partial charge in [0.2, 0.25) is 10.0 Å². The maximum absolute atomic E-state index is 12.5. The molecule has 0 heterocycles. The number of amides is 2. The van der Waals surface area contributed by atoms with Crippen molar-refractivity contribution in [1.29, 1.82) is 0 Å². The van der Waals surface area contributed by atoms with Crippen LogP contribution in [0.2, 0.25) is 0 Å². The van der Waals surface area contributed by atoms with Crippen molar-refractivity contribution in [2.24, 2.45) is 5.73 Å². The second-order valence-electron chi connectivity index (χ2n) is 5.60. The Morgan fingerprint density at radius 2 is 1.61 bits per heavy atom. The van der Waals surface area contributed by atoms with E-state index in [1.165, 1.54) is 50.6 Å². The Balaban J connectivity index is 2.33. The third kappa shape index (κ3) is 4.59. The molecule has 150 valence electrons. The highest BCUT2D eigenvalue weighted by Gasteiger charge is 2.18. The first-order valence-electron chi connectivity index (χ1n) is 8.20. The van der Waals surface area contributed by atoms with Crippen LogP contribution in [0.5, 0.6) is 11.5 Å². The minimum absolute atomic E-state index is 0.0369. The molecule has 0 aliphatic heterocycles. The van der Waals surface area contributed by atoms with E-state index in [0.717, 1.165) is 0 Å². The normalized spacial score (nSPS) is 11.0. The van der Waals surface area contributed by atoms with Crippen molar-refractivity contribution in [3.63, 3.8) is 0 Å². The van der Waals surface area contributed by atoms with Crippen molar-refractivity contribution in [3.8, 4) is 11.5 Å². The van der Waals surface area contributed by atoms with Crippen molar-refractivity contribution in [2.45, 2.75) is 11.8 Å². The van der Waals surface area contributed by atoms with Gasteiger partial charge >= 0.3 is 0 Å². The van der Waals surface area contributed by atoms with Gasteiger partial charge in [0.05, 0.1) is 30.4 Å². The van der Waals surface area contributed by atoms with E-state index in [4.69, 9.17) is 15.2 Å². The van der Waals surface area contributed by atoms with Crippen LogP contribution in [-0.2, 0) is 10.0 Å². The van der Waals surface area contributed by atoms with Gasteiger partial charge in [0.1, 0.15) is 0 Å². The molecule has 0 aliphatic carbocycles. The first kappa shape index (κ1) is 21.2. The number of rotatable bonds is 8. The Morgan fingerprint density at radius 1 is 1.04 bits per heavy atom. The van der Waals surface area contributed by atoms with E-state index in [9.17, 15) is 18.0 Å². The summed E-state index contributed by atoms with van der Waals surface area (Å²) in [7, 11) is -0.799. The van der Waals surface area contributed by atoms with E-state index < -0.39 is 21.8 Å². The minimum atomic E-state index is -3.62. The van der Waals surface area contributed by atoms with Crippen LogP contribution in [-0.4, -0.2) is 41.0 Å². The highest BCUT2D eigenvalue weighted by atomic mass is 32.2. The Morgan fingerprint density at radius 3 is 2.11 bits per heavy atom. The molecule has 0 bridgehead atoms. The van der Waals surface area contributed by atoms with Gasteiger partial charge in [-0.2, -0.15) is 0 Å². The first-order chi connectivity index (χ1) is 13.2. The summed E-state index contributed by atoms with van der Waals surface area (Å²) in [4.78, 5) is 24.3. The van der Waals surface area contributed by atoms with Crippen LogP contribution in [0, 0.1) is 0 Å². The smallest absolute Gasteiger partial charge is 0.255 e. The van der Waals surface area contributed by atoms with E-state index in [2.05, 4.69) is 10.0 Å². The highest BCUT2D eigenvalue weighted by molar-refractivity contribution is 7.89. The summed E-state index contributed by atoms with van der Waals surface area (Å²) in [6.07, 6.45) is 0. The summed E-state index contributed by atoms with van der Waals surface area (Å²) in [5.41, 5.74) is 5.75. The number of ether oxygens (including phenoxy) is 2. The molecule has 2 aromatic rings. The molecule has 0 aliphatic rings. The van der Waals surface area contributed by atoms with Gasteiger partial charge < -0.3 is 20.5 Å². The van der Waals surface area contributed by atoms with Crippen LogP contribution in [0.3, 0.4) is 0 Å². The molecule has 28 heavy (non-hydrogen) atoms. The molecule has 0 saturated heterocycles. The van der Waals surface area contributed by atoms with Crippen molar-refractivity contribution >= 4 is 27.5 Å². The Hall–Kier alpha value is -3.11. The molecule has 0 atom stereocenters. The third-order valence-electron chi connectivity index (χ3n) is 3.80. The molecule has 2 amide bonds. The van der Waals surface area contributed by atoms with Crippen LogP contribution >= 0.6 is 0 Å². The first-order valence-corrected chi connectivity index (χ1v) is 9.68. The minimum Gasteiger partial charge on any atom is -0.493 e. The van der Waals surface area contributed by atoms with E-state index in [-0.39, 0.29) is 34.0 Å². The van der Waals surface area contributed by atoms with Crippen LogP contribution in [0.1, 0.15) is 27.6 Å². The fraction of sp³-hybridized carbons (Fsp3) is 0.222. The van der Waals surface area contributed by atoms with Gasteiger partial charge in [-0.15, -0.1) is 0 Å². The van der Waals surface area contributed by atoms with E-state index in [1.54, 1.807) is 6.92 Å². The van der Waals surface area contributed by atoms with Gasteiger partial charge in [0.15, 0.2) is 11.5 Å². The predicted molar refractivity (Wildman–Crippen MR) is 103 cm³/mol. The molecular weight excluding hydrogens is 386 g/mol. The Kier molecular flexibility index (Phi) is 6.60. The monoisotopic (exact) mass is 407 g/mol. The van der Waals surface area contributed by atoms with E-state index in [0.29, 0.717) is 5.75 Å². The maximum Gasteiger partial charge on any atom is 0.255 e. The van der Waals surface area contributed by atoms with Crippen molar-refractivity contribution in [1.82, 2.24) is 4.72 Å². The molecule has 2 aromatic carbocycles. The summed E-state index contributed by atoms with van der Waals surface area (Å²) in [6.45, 7) is 1.92. The molecule has 0 spiro atoms. The average molecular weight is 407 g/mol. The number of hydrogen-bond acceptors (Lipinski definition) is 6. The molecule has 0 saturated carbocycles. The fourth-order valence-corrected chi connectivity index (χ4v) is 3.48. The molecule has 9 nitrogen and oxygen atoms in total. The molecule has 0 fully saturated rings. The van der Waals surface area contributed by atoms with Crippen LogP contribution in [0.25, 0.3) is 0 Å². The second kappa shape index (κ2) is 8.72. The number of methoxy groups -OCH3 is 2. The number of anilines is 1. The molecule has 0 unspecified atom stereocenters. The van der Waals surface area contributed by atoms with Crippen molar-refractivity contribution in [2.75, 3.05) is 26.1 Å². The lowest BCUT2D eigenvalue weighted by atomic mass is 10.1. The molecular formula is C18H21N3O6S. The predicted octanol–water partition coefficient (Wildman–Crippen LogP) is 1.35. The van der Waals surface area contributed by atoms with Crippen LogP contribution in [0.4, 0.5) is 5.69 Å².